The molecule has 3 N–H and O–H groups in total. The van der Waals surface area contributed by atoms with Crippen molar-refractivity contribution in [3.05, 3.63) is 43.3 Å². The number of unbranched alkanes of at least 4 members (excludes halogenated alkanes) is 1. The van der Waals surface area contributed by atoms with Crippen molar-refractivity contribution in [2.45, 2.75) is 39.7 Å². The molecule has 0 aliphatic heterocycles. The van der Waals surface area contributed by atoms with Crippen LogP contribution in [0.3, 0.4) is 0 Å². The molecular weight excluding hydrogens is 364 g/mol. The Bertz CT molecular complexity index is 870. The smallest absolute Gasteiger partial charge is 0.251 e. The highest BCUT2D eigenvalue weighted by molar-refractivity contribution is 7.71. The zero-order valence-corrected chi connectivity index (χ0v) is 15.5. The van der Waals surface area contributed by atoms with E-state index in [0.29, 0.717) is 16.4 Å². The van der Waals surface area contributed by atoms with Gasteiger partial charge in [-0.05, 0) is 25.6 Å². The minimum absolute atomic E-state index is 0.0482. The van der Waals surface area contributed by atoms with Crippen LogP contribution < -0.4 is 11.0 Å². The van der Waals surface area contributed by atoms with Gasteiger partial charge in [0.2, 0.25) is 5.91 Å². The average molecular weight is 383 g/mol. The number of aromatic amines is 2. The Balaban J connectivity index is 2.00. The lowest BCUT2D eigenvalue weighted by atomic mass is 10.3. The summed E-state index contributed by atoms with van der Waals surface area (Å²) in [6.45, 7) is 4.65. The van der Waals surface area contributed by atoms with Crippen molar-refractivity contribution in [1.82, 2.24) is 25.2 Å². The zero-order valence-electron chi connectivity index (χ0n) is 13.9. The molecule has 0 unspecified atom stereocenters. The fourth-order valence-electron chi connectivity index (χ4n) is 2.17. The molecular formula is C15H19ClN6O2S. The number of aromatic nitrogens is 4. The maximum Gasteiger partial charge on any atom is 0.251 e. The van der Waals surface area contributed by atoms with Crippen LogP contribution in [0.5, 0.6) is 0 Å². The van der Waals surface area contributed by atoms with Gasteiger partial charge in [-0.1, -0.05) is 24.9 Å². The molecule has 2 rings (SSSR count). The highest BCUT2D eigenvalue weighted by Gasteiger charge is 2.11. The Morgan fingerprint density at radius 3 is 2.96 bits per heavy atom. The number of halogens is 1. The van der Waals surface area contributed by atoms with Gasteiger partial charge in [-0.25, -0.2) is 5.43 Å². The third-order valence-corrected chi connectivity index (χ3v) is 3.99. The molecule has 0 atom stereocenters. The van der Waals surface area contributed by atoms with Crippen LogP contribution in [-0.4, -0.2) is 31.9 Å². The number of nitrogens with one attached hydrogen (secondary N) is 3. The minimum Gasteiger partial charge on any atom is -0.335 e. The molecule has 8 nitrogen and oxygen atoms in total. The highest BCUT2D eigenvalue weighted by atomic mass is 35.5. The van der Waals surface area contributed by atoms with Crippen molar-refractivity contribution in [2.75, 3.05) is 0 Å². The fraction of sp³-hybridized carbons (Fsp3) is 0.400. The second kappa shape index (κ2) is 8.72. The van der Waals surface area contributed by atoms with E-state index in [1.807, 2.05) is 6.92 Å². The fourth-order valence-corrected chi connectivity index (χ4v) is 2.71. The molecule has 25 heavy (non-hydrogen) atoms. The first kappa shape index (κ1) is 19.1. The van der Waals surface area contributed by atoms with E-state index in [1.165, 1.54) is 12.3 Å². The summed E-state index contributed by atoms with van der Waals surface area (Å²) in [7, 11) is 0. The maximum atomic E-state index is 11.9. The molecule has 2 aromatic heterocycles. The number of nitrogens with zero attached hydrogens (tertiary/aromatic N) is 3. The van der Waals surface area contributed by atoms with Crippen molar-refractivity contribution in [3.8, 4) is 0 Å². The molecule has 0 aliphatic carbocycles. The topological polar surface area (TPSA) is 108 Å². The average Bonchev–Trinajstić information content (AvgIpc) is 2.79. The zero-order chi connectivity index (χ0) is 18.4. The summed E-state index contributed by atoms with van der Waals surface area (Å²) in [5, 5.41) is 8.76. The number of carbonyl (C=O) groups is 1. The highest BCUT2D eigenvalue weighted by Crippen LogP contribution is 2.18. The van der Waals surface area contributed by atoms with Crippen molar-refractivity contribution in [2.24, 2.45) is 5.10 Å². The van der Waals surface area contributed by atoms with E-state index in [2.05, 4.69) is 32.5 Å². The summed E-state index contributed by atoms with van der Waals surface area (Å²) >= 11 is 11.1. The van der Waals surface area contributed by atoms with E-state index in [4.69, 9.17) is 23.8 Å². The van der Waals surface area contributed by atoms with Crippen LogP contribution >= 0.6 is 23.8 Å². The van der Waals surface area contributed by atoms with Gasteiger partial charge >= 0.3 is 0 Å². The Kier molecular flexibility index (Phi) is 6.65. The molecule has 0 saturated carbocycles. The number of H-pyrrole nitrogens is 2. The molecule has 1 amide bonds. The largest absolute Gasteiger partial charge is 0.335 e. The molecule has 0 aliphatic rings. The SMILES string of the molecule is CCCCn1nc(C)c(/C=N\NC(=O)Cc2cc(=O)[nH]c(=S)[nH]2)c1Cl. The number of hydrogen-bond donors (Lipinski definition) is 3. The summed E-state index contributed by atoms with van der Waals surface area (Å²) in [4.78, 5) is 28.3. The van der Waals surface area contributed by atoms with Crippen LogP contribution in [0.4, 0.5) is 0 Å². The third-order valence-electron chi connectivity index (χ3n) is 3.38. The molecule has 0 spiro atoms. The van der Waals surface area contributed by atoms with E-state index in [9.17, 15) is 9.59 Å². The Hall–Kier alpha value is -2.26. The van der Waals surface area contributed by atoms with Crippen molar-refractivity contribution in [1.29, 1.82) is 0 Å². The molecule has 0 bridgehead atoms. The summed E-state index contributed by atoms with van der Waals surface area (Å²) in [5.41, 5.74) is 3.83. The molecule has 0 fully saturated rings. The van der Waals surface area contributed by atoms with Crippen LogP contribution in [0.15, 0.2) is 16.0 Å². The van der Waals surface area contributed by atoms with Crippen LogP contribution in [-0.2, 0) is 17.8 Å². The lowest BCUT2D eigenvalue weighted by molar-refractivity contribution is -0.120. The number of amides is 1. The number of aryl methyl sites for hydroxylation is 2. The van der Waals surface area contributed by atoms with Crippen molar-refractivity contribution >= 4 is 35.9 Å². The number of hydrogen-bond acceptors (Lipinski definition) is 5. The lowest BCUT2D eigenvalue weighted by Crippen LogP contribution is -2.21. The van der Waals surface area contributed by atoms with Crippen LogP contribution in [0, 0.1) is 11.7 Å². The van der Waals surface area contributed by atoms with Crippen molar-refractivity contribution < 1.29 is 4.79 Å². The summed E-state index contributed by atoms with van der Waals surface area (Å²) in [5.74, 6) is -0.389. The first-order valence-electron chi connectivity index (χ1n) is 7.78. The van der Waals surface area contributed by atoms with E-state index in [1.54, 1.807) is 4.68 Å². The predicted molar refractivity (Wildman–Crippen MR) is 98.6 cm³/mol. The first-order valence-corrected chi connectivity index (χ1v) is 8.56. The quantitative estimate of drug-likeness (QED) is 0.387. The summed E-state index contributed by atoms with van der Waals surface area (Å²) < 4.78 is 1.89. The van der Waals surface area contributed by atoms with Gasteiger partial charge in [-0.2, -0.15) is 10.2 Å². The normalized spacial score (nSPS) is 11.2. The molecule has 0 aromatic carbocycles. The third kappa shape index (κ3) is 5.36. The summed E-state index contributed by atoms with van der Waals surface area (Å²) in [6, 6.07) is 1.28. The predicted octanol–water partition coefficient (Wildman–Crippen LogP) is 2.08. The Morgan fingerprint density at radius 2 is 2.28 bits per heavy atom. The van der Waals surface area contributed by atoms with Gasteiger partial charge in [-0.3, -0.25) is 19.3 Å². The van der Waals surface area contributed by atoms with E-state index >= 15 is 0 Å². The molecule has 2 heterocycles. The molecule has 0 saturated heterocycles. The maximum absolute atomic E-state index is 11.9. The first-order chi connectivity index (χ1) is 11.9. The second-order valence-electron chi connectivity index (χ2n) is 5.45. The van der Waals surface area contributed by atoms with E-state index in [-0.39, 0.29) is 22.7 Å². The van der Waals surface area contributed by atoms with Crippen LogP contribution in [0.25, 0.3) is 0 Å². The van der Waals surface area contributed by atoms with Crippen molar-refractivity contribution in [3.63, 3.8) is 0 Å². The van der Waals surface area contributed by atoms with Crippen LogP contribution in [0.2, 0.25) is 5.15 Å². The molecule has 10 heteroatoms. The van der Waals surface area contributed by atoms with Gasteiger partial charge in [0.05, 0.1) is 23.9 Å². The van der Waals surface area contributed by atoms with Gasteiger partial charge in [0.15, 0.2) is 4.77 Å². The van der Waals surface area contributed by atoms with Gasteiger partial charge < -0.3 is 4.98 Å². The van der Waals surface area contributed by atoms with Crippen LogP contribution in [0.1, 0.15) is 36.7 Å². The van der Waals surface area contributed by atoms with Gasteiger partial charge in [0.25, 0.3) is 5.56 Å². The second-order valence-corrected chi connectivity index (χ2v) is 6.22. The standard InChI is InChI=1S/C15H19ClN6O2S/c1-3-4-5-22-14(16)11(9(2)21-22)8-17-20-13(24)7-10-6-12(23)19-15(25)18-10/h6,8H,3-5,7H2,1-2H3,(H,20,24)(H2,18,19,23,25)/b17-8-. The molecule has 2 aromatic rings. The Morgan fingerprint density at radius 1 is 1.52 bits per heavy atom. The lowest BCUT2D eigenvalue weighted by Gasteiger charge is -2.01. The molecule has 134 valence electrons. The van der Waals surface area contributed by atoms with Gasteiger partial charge in [-0.15, -0.1) is 0 Å². The molecule has 0 radical (unpaired) electrons. The van der Waals surface area contributed by atoms with Gasteiger partial charge in [0, 0.05) is 18.3 Å². The Labute approximate surface area is 154 Å². The number of carbonyl (C=O) groups excluding carboxylic acids is 1. The number of hydrazone groups is 1. The van der Waals surface area contributed by atoms with E-state index in [0.717, 1.165) is 25.1 Å². The number of rotatable bonds is 7. The van der Waals surface area contributed by atoms with E-state index < -0.39 is 0 Å². The monoisotopic (exact) mass is 382 g/mol. The van der Waals surface area contributed by atoms with Gasteiger partial charge in [0.1, 0.15) is 5.15 Å². The minimum atomic E-state index is -0.389. The summed E-state index contributed by atoms with van der Waals surface area (Å²) in [6.07, 6.45) is 3.43.